The largest absolute Gasteiger partial charge is 0.507 e. The number of rotatable bonds is 5. The molecule has 0 aliphatic carbocycles. The van der Waals surface area contributed by atoms with Crippen molar-refractivity contribution in [2.45, 2.75) is 6.92 Å². The molecule has 1 heterocycles. The smallest absolute Gasteiger partial charge is 0.341 e. The molecule has 140 valence electrons. The fourth-order valence-electron chi connectivity index (χ4n) is 2.36. The first-order chi connectivity index (χ1) is 13.0. The predicted molar refractivity (Wildman–Crippen MR) is 103 cm³/mol. The van der Waals surface area contributed by atoms with Crippen molar-refractivity contribution >= 4 is 44.4 Å². The predicted octanol–water partition coefficient (Wildman–Crippen LogP) is 3.83. The van der Waals surface area contributed by atoms with Gasteiger partial charge in [-0.25, -0.2) is 14.6 Å². The molecule has 0 unspecified atom stereocenters. The summed E-state index contributed by atoms with van der Waals surface area (Å²) in [5.74, 6) is -0.194. The second kappa shape index (κ2) is 7.92. The first-order valence-corrected chi connectivity index (χ1v) is 8.84. The molecule has 0 saturated carbocycles. The Kier molecular flexibility index (Phi) is 5.41. The number of hydrogen-bond acceptors (Lipinski definition) is 7. The number of ether oxygens (including phenoxy) is 2. The number of benzene rings is 2. The van der Waals surface area contributed by atoms with Gasteiger partial charge in [0.15, 0.2) is 5.13 Å². The molecule has 0 spiro atoms. The fourth-order valence-corrected chi connectivity index (χ4v) is 3.25. The number of aromatic nitrogens is 1. The number of esters is 1. The first-order valence-electron chi connectivity index (χ1n) is 8.03. The lowest BCUT2D eigenvalue weighted by Crippen LogP contribution is -2.19. The molecule has 0 saturated heterocycles. The van der Waals surface area contributed by atoms with Gasteiger partial charge in [-0.05, 0) is 43.3 Å². The molecule has 0 bridgehead atoms. The molecule has 1 aromatic heterocycles. The van der Waals surface area contributed by atoms with E-state index in [1.165, 1.54) is 36.6 Å². The van der Waals surface area contributed by atoms with E-state index in [-0.39, 0.29) is 11.3 Å². The van der Waals surface area contributed by atoms with Crippen LogP contribution in [-0.2, 0) is 4.74 Å². The zero-order valence-electron chi connectivity index (χ0n) is 14.6. The summed E-state index contributed by atoms with van der Waals surface area (Å²) in [4.78, 5) is 28.2. The van der Waals surface area contributed by atoms with E-state index in [4.69, 9.17) is 4.74 Å². The summed E-state index contributed by atoms with van der Waals surface area (Å²) in [6.45, 7) is 2.47. The van der Waals surface area contributed by atoms with E-state index in [0.29, 0.717) is 17.4 Å². The van der Waals surface area contributed by atoms with Crippen LogP contribution >= 0.6 is 11.3 Å². The maximum absolute atomic E-state index is 12.2. The molecule has 0 atom stereocenters. The van der Waals surface area contributed by atoms with E-state index in [9.17, 15) is 14.7 Å². The van der Waals surface area contributed by atoms with Crippen LogP contribution in [-0.4, -0.2) is 35.8 Å². The third-order valence-electron chi connectivity index (χ3n) is 3.55. The highest BCUT2D eigenvalue weighted by atomic mass is 32.1. The highest BCUT2D eigenvalue weighted by molar-refractivity contribution is 7.22. The minimum absolute atomic E-state index is 0.0428. The summed E-state index contributed by atoms with van der Waals surface area (Å²) >= 11 is 1.31. The van der Waals surface area contributed by atoms with E-state index < -0.39 is 12.0 Å². The Bertz CT molecular complexity index is 1000. The van der Waals surface area contributed by atoms with Crippen molar-refractivity contribution in [1.82, 2.24) is 4.98 Å². The molecular weight excluding hydrogens is 370 g/mol. The number of carbonyl (C=O) groups excluding carboxylic acids is 2. The van der Waals surface area contributed by atoms with Gasteiger partial charge in [-0.15, -0.1) is 0 Å². The van der Waals surface area contributed by atoms with Gasteiger partial charge in [0.2, 0.25) is 0 Å². The van der Waals surface area contributed by atoms with Gasteiger partial charge in [0.25, 0.3) is 0 Å². The number of carbonyl (C=O) groups is 2. The molecular formula is C18H17N3O5S. The zero-order chi connectivity index (χ0) is 19.4. The number of amides is 2. The first kappa shape index (κ1) is 18.5. The Morgan fingerprint density at radius 3 is 2.74 bits per heavy atom. The van der Waals surface area contributed by atoms with Crippen LogP contribution in [0.2, 0.25) is 0 Å². The number of hydrogen-bond donors (Lipinski definition) is 3. The summed E-state index contributed by atoms with van der Waals surface area (Å²) in [6, 6.07) is 9.07. The van der Waals surface area contributed by atoms with Crippen molar-refractivity contribution in [2.75, 3.05) is 24.4 Å². The second-order valence-electron chi connectivity index (χ2n) is 5.38. The number of aromatic hydroxyl groups is 1. The molecule has 3 aromatic rings. The van der Waals surface area contributed by atoms with Crippen molar-refractivity contribution in [3.8, 4) is 11.5 Å². The summed E-state index contributed by atoms with van der Waals surface area (Å²) in [7, 11) is 1.21. The maximum Gasteiger partial charge on any atom is 0.341 e. The van der Waals surface area contributed by atoms with Crippen LogP contribution in [0.1, 0.15) is 17.3 Å². The summed E-state index contributed by atoms with van der Waals surface area (Å²) in [5, 5.41) is 15.4. The Morgan fingerprint density at radius 2 is 2.00 bits per heavy atom. The lowest BCUT2D eigenvalue weighted by molar-refractivity contribution is 0.0597. The van der Waals surface area contributed by atoms with Gasteiger partial charge in [-0.3, -0.25) is 5.32 Å². The van der Waals surface area contributed by atoms with Gasteiger partial charge in [0.05, 0.1) is 23.9 Å². The summed E-state index contributed by atoms with van der Waals surface area (Å²) in [5.41, 5.74) is 1.03. The Morgan fingerprint density at radius 1 is 1.19 bits per heavy atom. The van der Waals surface area contributed by atoms with Crippen molar-refractivity contribution < 1.29 is 24.2 Å². The maximum atomic E-state index is 12.2. The monoisotopic (exact) mass is 387 g/mol. The number of urea groups is 1. The molecule has 3 N–H and O–H groups in total. The number of fused-ring (bicyclic) bond motifs is 1. The van der Waals surface area contributed by atoms with Crippen LogP contribution in [0, 0.1) is 0 Å². The summed E-state index contributed by atoms with van der Waals surface area (Å²) < 4.78 is 10.9. The van der Waals surface area contributed by atoms with E-state index in [0.717, 1.165) is 16.0 Å². The molecule has 0 aliphatic rings. The molecule has 0 radical (unpaired) electrons. The minimum atomic E-state index is -0.701. The number of phenols is 1. The van der Waals surface area contributed by atoms with Gasteiger partial charge in [0, 0.05) is 5.69 Å². The molecule has 8 nitrogen and oxygen atoms in total. The van der Waals surface area contributed by atoms with Gasteiger partial charge in [-0.2, -0.15) is 0 Å². The van der Waals surface area contributed by atoms with E-state index in [2.05, 4.69) is 20.4 Å². The fraction of sp³-hybridized carbons (Fsp3) is 0.167. The normalized spacial score (nSPS) is 10.4. The SMILES string of the molecule is CCOc1ccc2nc(NC(=O)Nc3ccc(O)c(C(=O)OC)c3)sc2c1. The van der Waals surface area contributed by atoms with Crippen LogP contribution in [0.4, 0.5) is 15.6 Å². The molecule has 2 amide bonds. The number of nitrogens with one attached hydrogen (secondary N) is 2. The van der Waals surface area contributed by atoms with Crippen molar-refractivity contribution in [2.24, 2.45) is 0 Å². The van der Waals surface area contributed by atoms with Gasteiger partial charge < -0.3 is 19.9 Å². The second-order valence-corrected chi connectivity index (χ2v) is 6.41. The number of thiazole rings is 1. The molecule has 0 fully saturated rings. The molecule has 0 aliphatic heterocycles. The Labute approximate surface area is 158 Å². The molecule has 9 heteroatoms. The van der Waals surface area contributed by atoms with Crippen molar-refractivity contribution in [3.05, 3.63) is 42.0 Å². The van der Waals surface area contributed by atoms with E-state index >= 15 is 0 Å². The van der Waals surface area contributed by atoms with Gasteiger partial charge in [-0.1, -0.05) is 11.3 Å². The van der Waals surface area contributed by atoms with Crippen LogP contribution < -0.4 is 15.4 Å². The molecule has 27 heavy (non-hydrogen) atoms. The average Bonchev–Trinajstić information content (AvgIpc) is 3.04. The quantitative estimate of drug-likeness (QED) is 0.453. The number of anilines is 2. The lowest BCUT2D eigenvalue weighted by atomic mass is 10.2. The topological polar surface area (TPSA) is 110 Å². The van der Waals surface area contributed by atoms with Gasteiger partial charge in [0.1, 0.15) is 17.1 Å². The van der Waals surface area contributed by atoms with E-state index in [1.54, 1.807) is 0 Å². The summed E-state index contributed by atoms with van der Waals surface area (Å²) in [6.07, 6.45) is 0. The van der Waals surface area contributed by atoms with Gasteiger partial charge >= 0.3 is 12.0 Å². The third kappa shape index (κ3) is 4.26. The van der Waals surface area contributed by atoms with Crippen molar-refractivity contribution in [1.29, 1.82) is 0 Å². The third-order valence-corrected chi connectivity index (χ3v) is 4.48. The standard InChI is InChI=1S/C18H17N3O5S/c1-3-26-11-5-6-13-15(9-11)27-18(20-13)21-17(24)19-10-4-7-14(22)12(8-10)16(23)25-2/h4-9,22H,3H2,1-2H3,(H2,19,20,21,24). The Hall–Kier alpha value is -3.33. The van der Waals surface area contributed by atoms with Crippen LogP contribution in [0.3, 0.4) is 0 Å². The van der Waals surface area contributed by atoms with Crippen LogP contribution in [0.15, 0.2) is 36.4 Å². The number of nitrogens with zero attached hydrogens (tertiary/aromatic N) is 1. The number of phenolic OH excluding ortho intramolecular Hbond substituents is 1. The van der Waals surface area contributed by atoms with Crippen molar-refractivity contribution in [3.63, 3.8) is 0 Å². The molecule has 3 rings (SSSR count). The molecule has 2 aromatic carbocycles. The zero-order valence-corrected chi connectivity index (χ0v) is 15.4. The number of methoxy groups -OCH3 is 1. The Balaban J connectivity index is 1.72. The average molecular weight is 387 g/mol. The lowest BCUT2D eigenvalue weighted by Gasteiger charge is -2.08. The highest BCUT2D eigenvalue weighted by Gasteiger charge is 2.14. The highest BCUT2D eigenvalue weighted by Crippen LogP contribution is 2.29. The van der Waals surface area contributed by atoms with Crippen LogP contribution in [0.5, 0.6) is 11.5 Å². The van der Waals surface area contributed by atoms with E-state index in [1.807, 2.05) is 25.1 Å². The minimum Gasteiger partial charge on any atom is -0.507 e. The van der Waals surface area contributed by atoms with Crippen LogP contribution in [0.25, 0.3) is 10.2 Å².